The fourth-order valence-electron chi connectivity index (χ4n) is 3.47. The molecule has 0 amide bonds. The molecule has 4 aromatic rings. The van der Waals surface area contributed by atoms with E-state index in [2.05, 4.69) is 38.4 Å². The number of anilines is 1. The van der Waals surface area contributed by atoms with Gasteiger partial charge in [-0.1, -0.05) is 58.4 Å². The van der Waals surface area contributed by atoms with Crippen LogP contribution in [-0.2, 0) is 27.1 Å². The lowest BCUT2D eigenvalue weighted by Gasteiger charge is -2.11. The van der Waals surface area contributed by atoms with Crippen molar-refractivity contribution in [3.63, 3.8) is 0 Å². The molecule has 0 bridgehead atoms. The summed E-state index contributed by atoms with van der Waals surface area (Å²) in [5, 5.41) is 3.36. The zero-order valence-corrected chi connectivity index (χ0v) is 18.4. The van der Waals surface area contributed by atoms with E-state index in [-0.39, 0.29) is 5.56 Å². The molecular formula is C22H22BrN5O2. The molecule has 0 aliphatic heterocycles. The second-order valence-electron chi connectivity index (χ2n) is 7.19. The average molecular weight is 468 g/mol. The number of nitrogens with zero attached hydrogens (tertiary/aromatic N) is 4. The van der Waals surface area contributed by atoms with Gasteiger partial charge in [-0.15, -0.1) is 0 Å². The third-order valence-corrected chi connectivity index (χ3v) is 5.67. The largest absolute Gasteiger partial charge is 0.355 e. The Bertz CT molecular complexity index is 1300. The van der Waals surface area contributed by atoms with E-state index < -0.39 is 5.69 Å². The zero-order valence-electron chi connectivity index (χ0n) is 16.8. The Morgan fingerprint density at radius 2 is 1.63 bits per heavy atom. The Morgan fingerprint density at radius 1 is 0.933 bits per heavy atom. The maximum absolute atomic E-state index is 12.9. The molecule has 2 aromatic carbocycles. The van der Waals surface area contributed by atoms with Crippen LogP contribution in [0.1, 0.15) is 11.1 Å². The monoisotopic (exact) mass is 467 g/mol. The van der Waals surface area contributed by atoms with Gasteiger partial charge < -0.3 is 5.32 Å². The fraction of sp³-hybridized carbons (Fsp3) is 0.227. The number of imidazole rings is 1. The lowest BCUT2D eigenvalue weighted by molar-refractivity contribution is 0.702. The number of nitrogens with one attached hydrogen (secondary N) is 1. The van der Waals surface area contributed by atoms with Gasteiger partial charge in [-0.2, -0.15) is 4.98 Å². The Labute approximate surface area is 181 Å². The highest BCUT2D eigenvalue weighted by Crippen LogP contribution is 2.19. The maximum Gasteiger partial charge on any atom is 0.332 e. The molecule has 8 heteroatoms. The highest BCUT2D eigenvalue weighted by molar-refractivity contribution is 9.10. The zero-order chi connectivity index (χ0) is 21.3. The molecule has 30 heavy (non-hydrogen) atoms. The van der Waals surface area contributed by atoms with Gasteiger partial charge in [0.2, 0.25) is 5.95 Å². The summed E-state index contributed by atoms with van der Waals surface area (Å²) in [4.78, 5) is 29.9. The van der Waals surface area contributed by atoms with Crippen LogP contribution in [0.4, 0.5) is 5.95 Å². The highest BCUT2D eigenvalue weighted by atomic mass is 79.9. The molecule has 0 saturated heterocycles. The Kier molecular flexibility index (Phi) is 5.59. The molecule has 0 saturated carbocycles. The lowest BCUT2D eigenvalue weighted by Crippen LogP contribution is -2.37. The number of aryl methyl sites for hydroxylation is 1. The van der Waals surface area contributed by atoms with Gasteiger partial charge in [-0.05, 0) is 29.7 Å². The van der Waals surface area contributed by atoms with Crippen LogP contribution in [0, 0.1) is 0 Å². The molecule has 0 spiro atoms. The highest BCUT2D eigenvalue weighted by Gasteiger charge is 2.19. The minimum absolute atomic E-state index is 0.353. The Balaban J connectivity index is 1.76. The van der Waals surface area contributed by atoms with E-state index in [0.717, 1.165) is 21.0 Å². The number of benzene rings is 2. The quantitative estimate of drug-likeness (QED) is 0.473. The molecule has 0 radical (unpaired) electrons. The van der Waals surface area contributed by atoms with E-state index in [1.165, 1.54) is 17.2 Å². The van der Waals surface area contributed by atoms with E-state index in [4.69, 9.17) is 0 Å². The number of hydrogen-bond donors (Lipinski definition) is 1. The van der Waals surface area contributed by atoms with Gasteiger partial charge in [0.25, 0.3) is 5.56 Å². The topological polar surface area (TPSA) is 73.8 Å². The average Bonchev–Trinajstić information content (AvgIpc) is 3.11. The first-order chi connectivity index (χ1) is 14.5. The summed E-state index contributed by atoms with van der Waals surface area (Å²) in [5.74, 6) is 0.571. The van der Waals surface area contributed by atoms with Gasteiger partial charge in [0.1, 0.15) is 0 Å². The molecule has 1 N–H and O–H groups in total. The second kappa shape index (κ2) is 8.31. The van der Waals surface area contributed by atoms with E-state index >= 15 is 0 Å². The van der Waals surface area contributed by atoms with Crippen LogP contribution in [0.5, 0.6) is 0 Å². The van der Waals surface area contributed by atoms with Crippen LogP contribution in [0.3, 0.4) is 0 Å². The smallest absolute Gasteiger partial charge is 0.332 e. The van der Waals surface area contributed by atoms with Crippen LogP contribution >= 0.6 is 15.9 Å². The fourth-order valence-corrected chi connectivity index (χ4v) is 3.74. The van der Waals surface area contributed by atoms with Crippen molar-refractivity contribution in [1.29, 1.82) is 0 Å². The SMILES string of the molecule is Cn1c(=O)c2c(nc(NCCc3ccccc3)n2Cc2ccc(Br)cc2)n(C)c1=O. The molecule has 0 fully saturated rings. The second-order valence-corrected chi connectivity index (χ2v) is 8.10. The molecule has 0 atom stereocenters. The first-order valence-corrected chi connectivity index (χ1v) is 10.4. The molecule has 2 aromatic heterocycles. The minimum atomic E-state index is -0.392. The van der Waals surface area contributed by atoms with E-state index in [1.54, 1.807) is 7.05 Å². The number of halogens is 1. The third-order valence-electron chi connectivity index (χ3n) is 5.14. The van der Waals surface area contributed by atoms with Crippen molar-refractivity contribution >= 4 is 33.0 Å². The van der Waals surface area contributed by atoms with Gasteiger partial charge in [0.15, 0.2) is 11.2 Å². The van der Waals surface area contributed by atoms with E-state index in [9.17, 15) is 9.59 Å². The molecule has 4 rings (SSSR count). The van der Waals surface area contributed by atoms with E-state index in [1.807, 2.05) is 47.0 Å². The lowest BCUT2D eigenvalue weighted by atomic mass is 10.1. The molecule has 0 aliphatic rings. The molecule has 0 unspecified atom stereocenters. The Morgan fingerprint density at radius 3 is 2.33 bits per heavy atom. The summed E-state index contributed by atoms with van der Waals surface area (Å²) in [6, 6.07) is 18.1. The van der Waals surface area contributed by atoms with Gasteiger partial charge in [-0.25, -0.2) is 4.79 Å². The molecule has 2 heterocycles. The number of hydrogen-bond acceptors (Lipinski definition) is 4. The van der Waals surface area contributed by atoms with Crippen molar-refractivity contribution in [2.24, 2.45) is 14.1 Å². The van der Waals surface area contributed by atoms with Gasteiger partial charge >= 0.3 is 5.69 Å². The van der Waals surface area contributed by atoms with Crippen molar-refractivity contribution in [2.45, 2.75) is 13.0 Å². The first-order valence-electron chi connectivity index (χ1n) is 9.64. The third kappa shape index (κ3) is 3.82. The predicted octanol–water partition coefficient (Wildman–Crippen LogP) is 2.90. The van der Waals surface area contributed by atoms with Crippen LogP contribution in [0.25, 0.3) is 11.2 Å². The number of rotatable bonds is 6. The van der Waals surface area contributed by atoms with Gasteiger partial charge in [0, 0.05) is 25.1 Å². The van der Waals surface area contributed by atoms with Crippen LogP contribution in [0.15, 0.2) is 68.7 Å². The summed E-state index contributed by atoms with van der Waals surface area (Å²) in [7, 11) is 3.12. The van der Waals surface area contributed by atoms with E-state index in [0.29, 0.717) is 30.2 Å². The van der Waals surface area contributed by atoms with Crippen molar-refractivity contribution < 1.29 is 0 Å². The minimum Gasteiger partial charge on any atom is -0.355 e. The normalized spacial score (nSPS) is 11.2. The predicted molar refractivity (Wildman–Crippen MR) is 122 cm³/mol. The maximum atomic E-state index is 12.9. The number of fused-ring (bicyclic) bond motifs is 1. The van der Waals surface area contributed by atoms with Crippen molar-refractivity contribution in [3.05, 3.63) is 91.0 Å². The standard InChI is InChI=1S/C22H22BrN5O2/c1-26-19-18(20(29)27(2)22(26)30)28(14-16-8-10-17(23)11-9-16)21(25-19)24-13-12-15-6-4-3-5-7-15/h3-11H,12-14H2,1-2H3,(H,24,25). The van der Waals surface area contributed by atoms with Crippen molar-refractivity contribution in [3.8, 4) is 0 Å². The number of aromatic nitrogens is 4. The Hall–Kier alpha value is -3.13. The van der Waals surface area contributed by atoms with Crippen LogP contribution < -0.4 is 16.6 Å². The van der Waals surface area contributed by atoms with Crippen LogP contribution in [-0.4, -0.2) is 25.2 Å². The molecule has 7 nitrogen and oxygen atoms in total. The first kappa shape index (κ1) is 20.2. The summed E-state index contributed by atoms with van der Waals surface area (Å²) in [6.45, 7) is 1.12. The summed E-state index contributed by atoms with van der Waals surface area (Å²) in [5.41, 5.74) is 2.28. The van der Waals surface area contributed by atoms with Crippen molar-refractivity contribution in [1.82, 2.24) is 18.7 Å². The molecule has 0 aliphatic carbocycles. The van der Waals surface area contributed by atoms with Crippen molar-refractivity contribution in [2.75, 3.05) is 11.9 Å². The van der Waals surface area contributed by atoms with Crippen LogP contribution in [0.2, 0.25) is 0 Å². The molecule has 154 valence electrons. The van der Waals surface area contributed by atoms with Gasteiger partial charge in [-0.3, -0.25) is 18.5 Å². The summed E-state index contributed by atoms with van der Waals surface area (Å²) >= 11 is 3.45. The molecular weight excluding hydrogens is 446 g/mol. The van der Waals surface area contributed by atoms with Gasteiger partial charge in [0.05, 0.1) is 6.54 Å². The summed E-state index contributed by atoms with van der Waals surface area (Å²) < 4.78 is 5.37. The summed E-state index contributed by atoms with van der Waals surface area (Å²) in [6.07, 6.45) is 0.819.